The van der Waals surface area contributed by atoms with Gasteiger partial charge < -0.3 is 9.64 Å². The molecule has 8 nitrogen and oxygen atoms in total. The molecule has 156 valence electrons. The molecule has 1 aromatic carbocycles. The van der Waals surface area contributed by atoms with Crippen molar-refractivity contribution in [2.45, 2.75) is 27.4 Å². The summed E-state index contributed by atoms with van der Waals surface area (Å²) < 4.78 is 5.32. The number of carbonyl (C=O) groups is 2. The summed E-state index contributed by atoms with van der Waals surface area (Å²) in [7, 11) is 1.71. The number of likely N-dealkylation sites (N-methyl/N-ethyl adjacent to an activating group) is 1. The van der Waals surface area contributed by atoms with E-state index in [9.17, 15) is 9.59 Å². The van der Waals surface area contributed by atoms with Crippen molar-refractivity contribution in [1.29, 1.82) is 0 Å². The molecule has 0 saturated heterocycles. The van der Waals surface area contributed by atoms with Gasteiger partial charge in [-0.1, -0.05) is 17.7 Å². The third-order valence-corrected chi connectivity index (χ3v) is 5.15. The van der Waals surface area contributed by atoms with Gasteiger partial charge in [-0.15, -0.1) is 11.3 Å². The van der Waals surface area contributed by atoms with Crippen LogP contribution in [0.1, 0.15) is 23.7 Å². The van der Waals surface area contributed by atoms with Gasteiger partial charge in [-0.2, -0.15) is 0 Å². The van der Waals surface area contributed by atoms with E-state index in [2.05, 4.69) is 15.0 Å². The molecule has 1 amide bonds. The van der Waals surface area contributed by atoms with E-state index in [0.717, 1.165) is 16.8 Å². The summed E-state index contributed by atoms with van der Waals surface area (Å²) in [4.78, 5) is 40.3. The second-order valence-corrected chi connectivity index (χ2v) is 7.67. The summed E-state index contributed by atoms with van der Waals surface area (Å²) in [5.74, 6) is -0.113. The molecule has 2 heterocycles. The van der Waals surface area contributed by atoms with Crippen LogP contribution in [0.25, 0.3) is 0 Å². The Morgan fingerprint density at radius 3 is 2.57 bits per heavy atom. The minimum Gasteiger partial charge on any atom is -0.458 e. The maximum Gasteiger partial charge on any atom is 0.326 e. The van der Waals surface area contributed by atoms with Gasteiger partial charge in [-0.05, 0) is 31.5 Å². The van der Waals surface area contributed by atoms with E-state index in [1.54, 1.807) is 40.7 Å². The normalized spacial score (nSPS) is 10.5. The van der Waals surface area contributed by atoms with Gasteiger partial charge in [0.15, 0.2) is 5.13 Å². The van der Waals surface area contributed by atoms with E-state index in [-0.39, 0.29) is 19.1 Å². The molecule has 0 aliphatic carbocycles. The van der Waals surface area contributed by atoms with Crippen LogP contribution in [0.2, 0.25) is 0 Å². The standard InChI is InChI=1S/C21H23N5O3S/c1-14-6-7-18(15(2)10-14)26(16(3)27)21-24-17(13-30-21)12-29-19(28)11-25(4)20-22-8-5-9-23-20/h5-10,13H,11-12H2,1-4H3. The molecule has 3 rings (SSSR count). The van der Waals surface area contributed by atoms with Crippen molar-refractivity contribution >= 4 is 40.0 Å². The number of thiazole rings is 1. The number of rotatable bonds is 7. The number of aryl methyl sites for hydroxylation is 2. The molecule has 0 unspecified atom stereocenters. The minimum atomic E-state index is -0.419. The van der Waals surface area contributed by atoms with Gasteiger partial charge in [0.1, 0.15) is 13.2 Å². The highest BCUT2D eigenvalue weighted by atomic mass is 32.1. The Balaban J connectivity index is 1.65. The number of hydrogen-bond acceptors (Lipinski definition) is 8. The maximum atomic E-state index is 12.3. The van der Waals surface area contributed by atoms with E-state index in [1.165, 1.54) is 18.3 Å². The molecule has 2 aromatic heterocycles. The number of nitrogens with zero attached hydrogens (tertiary/aromatic N) is 5. The van der Waals surface area contributed by atoms with Crippen molar-refractivity contribution in [3.8, 4) is 0 Å². The van der Waals surface area contributed by atoms with Crippen molar-refractivity contribution < 1.29 is 14.3 Å². The third kappa shape index (κ3) is 5.18. The van der Waals surface area contributed by atoms with Gasteiger partial charge in [-0.3, -0.25) is 14.5 Å². The first-order chi connectivity index (χ1) is 14.3. The van der Waals surface area contributed by atoms with Crippen molar-refractivity contribution in [3.05, 3.63) is 58.9 Å². The summed E-state index contributed by atoms with van der Waals surface area (Å²) in [6.07, 6.45) is 3.22. The predicted octanol–water partition coefficient (Wildman–Crippen LogP) is 3.41. The molecule has 0 aliphatic rings. The number of carbonyl (C=O) groups excluding carboxylic acids is 2. The Bertz CT molecular complexity index is 1040. The summed E-state index contributed by atoms with van der Waals surface area (Å²) in [5, 5.41) is 2.32. The van der Waals surface area contributed by atoms with Gasteiger partial charge in [-0.25, -0.2) is 15.0 Å². The quantitative estimate of drug-likeness (QED) is 0.536. The molecule has 0 N–H and O–H groups in total. The fourth-order valence-electron chi connectivity index (χ4n) is 2.88. The SMILES string of the molecule is CC(=O)N(c1nc(COC(=O)CN(C)c2ncccn2)cs1)c1ccc(C)cc1C. The first-order valence-corrected chi connectivity index (χ1v) is 10.2. The lowest BCUT2D eigenvalue weighted by Crippen LogP contribution is -2.28. The first-order valence-electron chi connectivity index (χ1n) is 9.31. The van der Waals surface area contributed by atoms with Crippen molar-refractivity contribution in [1.82, 2.24) is 15.0 Å². The monoisotopic (exact) mass is 425 g/mol. The molecular weight excluding hydrogens is 402 g/mol. The molecule has 0 aliphatic heterocycles. The zero-order chi connectivity index (χ0) is 21.7. The van der Waals surface area contributed by atoms with Gasteiger partial charge in [0.05, 0.1) is 11.4 Å². The summed E-state index contributed by atoms with van der Waals surface area (Å²) in [6, 6.07) is 7.60. The number of amides is 1. The largest absolute Gasteiger partial charge is 0.458 e. The van der Waals surface area contributed by atoms with E-state index in [1.807, 2.05) is 32.0 Å². The Morgan fingerprint density at radius 1 is 1.17 bits per heavy atom. The Labute approximate surface area is 179 Å². The highest BCUT2D eigenvalue weighted by Crippen LogP contribution is 2.31. The highest BCUT2D eigenvalue weighted by Gasteiger charge is 2.20. The van der Waals surface area contributed by atoms with Crippen molar-refractivity contribution in [2.75, 3.05) is 23.4 Å². The zero-order valence-corrected chi connectivity index (χ0v) is 18.1. The highest BCUT2D eigenvalue weighted by molar-refractivity contribution is 7.14. The number of anilines is 3. The van der Waals surface area contributed by atoms with Crippen LogP contribution in [-0.2, 0) is 20.9 Å². The van der Waals surface area contributed by atoms with Crippen LogP contribution in [-0.4, -0.2) is 40.4 Å². The summed E-state index contributed by atoms with van der Waals surface area (Å²) in [5.41, 5.74) is 3.48. The number of aromatic nitrogens is 3. The Morgan fingerprint density at radius 2 is 1.90 bits per heavy atom. The van der Waals surface area contributed by atoms with E-state index >= 15 is 0 Å². The van der Waals surface area contributed by atoms with Gasteiger partial charge in [0, 0.05) is 31.7 Å². The molecular formula is C21H23N5O3S. The molecule has 9 heteroatoms. The minimum absolute atomic E-state index is 0.0170. The van der Waals surface area contributed by atoms with Crippen LogP contribution in [0, 0.1) is 13.8 Å². The zero-order valence-electron chi connectivity index (χ0n) is 17.3. The van der Waals surface area contributed by atoms with Crippen LogP contribution < -0.4 is 9.80 Å². The lowest BCUT2D eigenvalue weighted by molar-refractivity contribution is -0.143. The average Bonchev–Trinajstić information content (AvgIpc) is 3.17. The summed E-state index contributed by atoms with van der Waals surface area (Å²) in [6.45, 7) is 5.51. The van der Waals surface area contributed by atoms with E-state index < -0.39 is 5.97 Å². The Kier molecular flexibility index (Phi) is 6.73. The molecule has 0 fully saturated rings. The van der Waals surface area contributed by atoms with Crippen molar-refractivity contribution in [3.63, 3.8) is 0 Å². The van der Waals surface area contributed by atoms with E-state index in [4.69, 9.17) is 4.74 Å². The second-order valence-electron chi connectivity index (χ2n) is 6.83. The van der Waals surface area contributed by atoms with Crippen molar-refractivity contribution in [2.24, 2.45) is 0 Å². The second kappa shape index (κ2) is 9.45. The third-order valence-electron chi connectivity index (χ3n) is 4.28. The number of ether oxygens (including phenoxy) is 1. The average molecular weight is 426 g/mol. The molecule has 0 spiro atoms. The Hall–Kier alpha value is -3.33. The molecule has 0 atom stereocenters. The molecule has 30 heavy (non-hydrogen) atoms. The summed E-state index contributed by atoms with van der Waals surface area (Å²) >= 11 is 1.33. The predicted molar refractivity (Wildman–Crippen MR) is 116 cm³/mol. The maximum absolute atomic E-state index is 12.3. The number of esters is 1. The number of benzene rings is 1. The first kappa shape index (κ1) is 21.4. The van der Waals surface area contributed by atoms with Crippen LogP contribution in [0.4, 0.5) is 16.8 Å². The van der Waals surface area contributed by atoms with E-state index in [0.29, 0.717) is 16.8 Å². The fourth-order valence-corrected chi connectivity index (χ4v) is 3.75. The smallest absolute Gasteiger partial charge is 0.326 e. The van der Waals surface area contributed by atoms with Gasteiger partial charge in [0.25, 0.3) is 0 Å². The van der Waals surface area contributed by atoms with Gasteiger partial charge in [0.2, 0.25) is 11.9 Å². The topological polar surface area (TPSA) is 88.5 Å². The molecule has 0 radical (unpaired) electrons. The van der Waals surface area contributed by atoms with Crippen LogP contribution in [0.15, 0.2) is 42.0 Å². The van der Waals surface area contributed by atoms with Gasteiger partial charge >= 0.3 is 5.97 Å². The lowest BCUT2D eigenvalue weighted by Gasteiger charge is -2.20. The van der Waals surface area contributed by atoms with Crippen LogP contribution >= 0.6 is 11.3 Å². The van der Waals surface area contributed by atoms with Crippen LogP contribution in [0.3, 0.4) is 0 Å². The fraction of sp³-hybridized carbons (Fsp3) is 0.286. The molecule has 0 bridgehead atoms. The number of hydrogen-bond donors (Lipinski definition) is 0. The lowest BCUT2D eigenvalue weighted by atomic mass is 10.1. The van der Waals surface area contributed by atoms with Crippen LogP contribution in [0.5, 0.6) is 0 Å². The molecule has 0 saturated carbocycles. The molecule has 3 aromatic rings.